The molecule has 2 aromatic carbocycles. The van der Waals surface area contributed by atoms with Gasteiger partial charge in [0.05, 0.1) is 39.4 Å². The number of nitrogens with zero attached hydrogens (tertiary/aromatic N) is 4. The third kappa shape index (κ3) is 4.05. The lowest BCUT2D eigenvalue weighted by Gasteiger charge is -2.16. The van der Waals surface area contributed by atoms with Gasteiger partial charge in [-0.05, 0) is 57.0 Å². The second-order valence-electron chi connectivity index (χ2n) is 7.85. The molecule has 0 bridgehead atoms. The van der Waals surface area contributed by atoms with Crippen molar-refractivity contribution in [3.8, 4) is 5.69 Å². The first kappa shape index (κ1) is 21.8. The van der Waals surface area contributed by atoms with Gasteiger partial charge in [0, 0.05) is 7.05 Å². The number of fused-ring (bicyclic) bond motifs is 1. The molecule has 32 heavy (non-hydrogen) atoms. The minimum Gasteiger partial charge on any atom is -0.322 e. The van der Waals surface area contributed by atoms with Gasteiger partial charge in [0.2, 0.25) is 5.91 Å². The molecule has 0 saturated heterocycles. The first-order chi connectivity index (χ1) is 15.3. The number of thioether (sulfide) groups is 1. The van der Waals surface area contributed by atoms with Crippen molar-refractivity contribution in [3.63, 3.8) is 0 Å². The number of para-hydroxylation sites is 1. The monoisotopic (exact) mass is 447 g/mol. The number of carbonyl (C=O) groups is 1. The van der Waals surface area contributed by atoms with Crippen LogP contribution in [0, 0.1) is 27.7 Å². The van der Waals surface area contributed by atoms with Crippen molar-refractivity contribution in [1.82, 2.24) is 19.3 Å². The van der Waals surface area contributed by atoms with E-state index in [1.54, 1.807) is 15.3 Å². The number of rotatable bonds is 5. The molecule has 0 fully saturated rings. The minimum atomic E-state index is -0.177. The van der Waals surface area contributed by atoms with E-state index in [4.69, 9.17) is 4.98 Å². The second kappa shape index (κ2) is 8.63. The molecule has 164 valence electrons. The van der Waals surface area contributed by atoms with Crippen LogP contribution < -0.4 is 10.9 Å². The van der Waals surface area contributed by atoms with E-state index in [9.17, 15) is 9.59 Å². The van der Waals surface area contributed by atoms with Crippen LogP contribution in [0.3, 0.4) is 0 Å². The molecule has 4 rings (SSSR count). The molecule has 1 N–H and O–H groups in total. The molecule has 0 unspecified atom stereocenters. The maximum Gasteiger partial charge on any atom is 0.266 e. The Morgan fingerprint density at radius 3 is 2.56 bits per heavy atom. The van der Waals surface area contributed by atoms with Gasteiger partial charge in [-0.1, -0.05) is 36.0 Å². The third-order valence-electron chi connectivity index (χ3n) is 5.46. The molecule has 2 heterocycles. The highest BCUT2D eigenvalue weighted by Crippen LogP contribution is 2.25. The zero-order valence-electron chi connectivity index (χ0n) is 18.8. The lowest BCUT2D eigenvalue weighted by atomic mass is 10.1. The molecule has 0 aliphatic rings. The van der Waals surface area contributed by atoms with Crippen LogP contribution in [0.1, 0.15) is 22.5 Å². The number of amides is 1. The number of benzene rings is 2. The number of hydrogen-bond acceptors (Lipinski definition) is 5. The number of nitrogens with one attached hydrogen (secondary N) is 1. The summed E-state index contributed by atoms with van der Waals surface area (Å²) < 4.78 is 3.35. The zero-order valence-corrected chi connectivity index (χ0v) is 19.6. The summed E-state index contributed by atoms with van der Waals surface area (Å²) in [6, 6.07) is 13.3. The molecule has 7 nitrogen and oxygen atoms in total. The average molecular weight is 448 g/mol. The molecule has 4 aromatic rings. The number of aromatic nitrogens is 4. The number of anilines is 1. The van der Waals surface area contributed by atoms with Crippen LogP contribution in [0.25, 0.3) is 16.6 Å². The quantitative estimate of drug-likeness (QED) is 0.368. The first-order valence-corrected chi connectivity index (χ1v) is 11.3. The summed E-state index contributed by atoms with van der Waals surface area (Å²) in [4.78, 5) is 30.9. The van der Waals surface area contributed by atoms with E-state index < -0.39 is 0 Å². The average Bonchev–Trinajstić information content (AvgIpc) is 3.00. The van der Waals surface area contributed by atoms with Crippen LogP contribution in [0.4, 0.5) is 5.69 Å². The van der Waals surface area contributed by atoms with Crippen LogP contribution in [0.5, 0.6) is 0 Å². The van der Waals surface area contributed by atoms with Crippen molar-refractivity contribution in [2.75, 3.05) is 11.1 Å². The summed E-state index contributed by atoms with van der Waals surface area (Å²) in [5.41, 5.74) is 5.61. The van der Waals surface area contributed by atoms with E-state index >= 15 is 0 Å². The van der Waals surface area contributed by atoms with E-state index in [1.165, 1.54) is 11.8 Å². The standard InChI is InChI=1S/C24H25N5O2S/c1-14-10-11-15(2)20(12-14)29-23(31)18-8-6-7-9-19(18)25-24(29)32-13-21(30)26-22-16(3)27-28(5)17(22)4/h6-12H,13H2,1-5H3,(H,26,30). The molecular weight excluding hydrogens is 422 g/mol. The summed E-state index contributed by atoms with van der Waals surface area (Å²) in [6.45, 7) is 7.72. The van der Waals surface area contributed by atoms with E-state index in [0.717, 1.165) is 33.9 Å². The second-order valence-corrected chi connectivity index (χ2v) is 8.79. The van der Waals surface area contributed by atoms with E-state index in [-0.39, 0.29) is 17.2 Å². The van der Waals surface area contributed by atoms with Crippen LogP contribution in [-0.4, -0.2) is 31.0 Å². The third-order valence-corrected chi connectivity index (χ3v) is 6.39. The number of carbonyl (C=O) groups excluding carboxylic acids is 1. The molecule has 0 aliphatic heterocycles. The van der Waals surface area contributed by atoms with Gasteiger partial charge in [-0.15, -0.1) is 0 Å². The summed E-state index contributed by atoms with van der Waals surface area (Å²) >= 11 is 1.24. The van der Waals surface area contributed by atoms with Crippen LogP contribution in [0.2, 0.25) is 0 Å². The molecule has 0 aliphatic carbocycles. The van der Waals surface area contributed by atoms with Gasteiger partial charge in [-0.2, -0.15) is 5.10 Å². The normalized spacial score (nSPS) is 11.2. The highest BCUT2D eigenvalue weighted by molar-refractivity contribution is 7.99. The van der Waals surface area contributed by atoms with Crippen LogP contribution in [-0.2, 0) is 11.8 Å². The highest BCUT2D eigenvalue weighted by atomic mass is 32.2. The van der Waals surface area contributed by atoms with Crippen molar-refractivity contribution in [1.29, 1.82) is 0 Å². The Labute approximate surface area is 190 Å². The van der Waals surface area contributed by atoms with Gasteiger partial charge in [0.25, 0.3) is 5.56 Å². The number of hydrogen-bond donors (Lipinski definition) is 1. The van der Waals surface area contributed by atoms with E-state index in [1.807, 2.05) is 71.1 Å². The largest absolute Gasteiger partial charge is 0.322 e. The molecule has 1 amide bonds. The van der Waals surface area contributed by atoms with Crippen LogP contribution >= 0.6 is 11.8 Å². The summed E-state index contributed by atoms with van der Waals surface area (Å²) in [6.07, 6.45) is 0. The van der Waals surface area contributed by atoms with Crippen molar-refractivity contribution in [2.24, 2.45) is 7.05 Å². The molecule has 2 aromatic heterocycles. The molecular formula is C24H25N5O2S. The highest BCUT2D eigenvalue weighted by Gasteiger charge is 2.18. The molecule has 0 saturated carbocycles. The summed E-state index contributed by atoms with van der Waals surface area (Å²) in [5, 5.41) is 8.31. The van der Waals surface area contributed by atoms with Gasteiger partial charge in [-0.3, -0.25) is 18.8 Å². The lowest BCUT2D eigenvalue weighted by molar-refractivity contribution is -0.113. The Morgan fingerprint density at radius 2 is 1.84 bits per heavy atom. The minimum absolute atomic E-state index is 0.115. The fourth-order valence-corrected chi connectivity index (χ4v) is 4.45. The van der Waals surface area contributed by atoms with Gasteiger partial charge < -0.3 is 5.32 Å². The lowest BCUT2D eigenvalue weighted by Crippen LogP contribution is -2.23. The van der Waals surface area contributed by atoms with Gasteiger partial charge in [0.1, 0.15) is 0 Å². The SMILES string of the molecule is Cc1ccc(C)c(-n2c(SCC(=O)Nc3c(C)nn(C)c3C)nc3ccccc3c2=O)c1. The molecule has 0 spiro atoms. The topological polar surface area (TPSA) is 81.8 Å². The van der Waals surface area contributed by atoms with Crippen molar-refractivity contribution >= 4 is 34.3 Å². The predicted octanol–water partition coefficient (Wildman–Crippen LogP) is 4.08. The number of aryl methyl sites for hydroxylation is 4. The Hall–Kier alpha value is -3.39. The fourth-order valence-electron chi connectivity index (χ4n) is 3.64. The molecule has 0 radical (unpaired) electrons. The summed E-state index contributed by atoms with van der Waals surface area (Å²) in [7, 11) is 1.84. The van der Waals surface area contributed by atoms with Crippen molar-refractivity contribution < 1.29 is 4.79 Å². The van der Waals surface area contributed by atoms with Crippen molar-refractivity contribution in [2.45, 2.75) is 32.9 Å². The Morgan fingerprint density at radius 1 is 1.09 bits per heavy atom. The first-order valence-electron chi connectivity index (χ1n) is 10.3. The maximum absolute atomic E-state index is 13.4. The predicted molar refractivity (Wildman–Crippen MR) is 129 cm³/mol. The summed E-state index contributed by atoms with van der Waals surface area (Å²) in [5.74, 6) is -0.0622. The molecule has 0 atom stereocenters. The maximum atomic E-state index is 13.4. The Bertz CT molecular complexity index is 1400. The Balaban J connectivity index is 1.72. The Kier molecular flexibility index (Phi) is 5.88. The van der Waals surface area contributed by atoms with Gasteiger partial charge >= 0.3 is 0 Å². The zero-order chi connectivity index (χ0) is 23.0. The van der Waals surface area contributed by atoms with E-state index in [0.29, 0.717) is 16.1 Å². The van der Waals surface area contributed by atoms with Gasteiger partial charge in [0.15, 0.2) is 5.16 Å². The molecule has 8 heteroatoms. The van der Waals surface area contributed by atoms with Gasteiger partial charge in [-0.25, -0.2) is 4.98 Å². The van der Waals surface area contributed by atoms with Crippen molar-refractivity contribution in [3.05, 3.63) is 75.3 Å². The van der Waals surface area contributed by atoms with E-state index in [2.05, 4.69) is 10.4 Å². The van der Waals surface area contributed by atoms with Crippen LogP contribution in [0.15, 0.2) is 52.4 Å². The smallest absolute Gasteiger partial charge is 0.266 e. The fraction of sp³-hybridized carbons (Fsp3) is 0.250.